The molecule has 1 saturated carbocycles. The van der Waals surface area contributed by atoms with E-state index in [9.17, 15) is 20.0 Å². The minimum Gasteiger partial charge on any atom is -0.481 e. The number of nitriles is 1. The molecule has 0 saturated heterocycles. The highest BCUT2D eigenvalue weighted by atomic mass is 32.1. The molecule has 1 aromatic heterocycles. The normalized spacial score (nSPS) is 21.6. The fourth-order valence-electron chi connectivity index (χ4n) is 2.79. The Balaban J connectivity index is 2.19. The number of aryl methyl sites for hydroxylation is 1. The molecule has 2 rings (SSSR count). The Morgan fingerprint density at radius 2 is 1.90 bits per heavy atom. The van der Waals surface area contributed by atoms with E-state index in [1.54, 1.807) is 0 Å². The van der Waals surface area contributed by atoms with Crippen molar-refractivity contribution in [3.8, 4) is 6.07 Å². The van der Waals surface area contributed by atoms with Crippen LogP contribution in [0.1, 0.15) is 41.7 Å². The average Bonchev–Trinajstić information content (AvgIpc) is 2.73. The first-order valence-electron chi connectivity index (χ1n) is 6.99. The highest BCUT2D eigenvalue weighted by molar-refractivity contribution is 7.16. The summed E-state index contributed by atoms with van der Waals surface area (Å²) in [7, 11) is 0. The number of amides is 1. The predicted molar refractivity (Wildman–Crippen MR) is 80.2 cm³/mol. The summed E-state index contributed by atoms with van der Waals surface area (Å²) in [5, 5.41) is 21.7. The van der Waals surface area contributed by atoms with E-state index < -0.39 is 17.8 Å². The van der Waals surface area contributed by atoms with Gasteiger partial charge in [-0.25, -0.2) is 0 Å². The molecule has 0 aromatic carbocycles. The van der Waals surface area contributed by atoms with Crippen molar-refractivity contribution in [2.75, 3.05) is 5.32 Å². The van der Waals surface area contributed by atoms with Crippen LogP contribution < -0.4 is 5.32 Å². The predicted octanol–water partition coefficient (Wildman–Crippen LogP) is 3.07. The number of aliphatic carboxylic acids is 1. The average molecular weight is 306 g/mol. The van der Waals surface area contributed by atoms with E-state index in [1.807, 2.05) is 13.8 Å². The molecule has 1 fully saturated rings. The number of carbonyl (C=O) groups excluding carboxylic acids is 1. The summed E-state index contributed by atoms with van der Waals surface area (Å²) in [5.74, 6) is -2.31. The summed E-state index contributed by atoms with van der Waals surface area (Å²) in [4.78, 5) is 24.7. The quantitative estimate of drug-likeness (QED) is 0.898. The van der Waals surface area contributed by atoms with Crippen molar-refractivity contribution in [3.63, 3.8) is 0 Å². The number of carboxylic acids is 1. The Morgan fingerprint density at radius 3 is 2.48 bits per heavy atom. The Morgan fingerprint density at radius 1 is 1.29 bits per heavy atom. The van der Waals surface area contributed by atoms with E-state index >= 15 is 0 Å². The molecule has 6 heteroatoms. The van der Waals surface area contributed by atoms with E-state index in [4.69, 9.17) is 0 Å². The van der Waals surface area contributed by atoms with Crippen LogP contribution in [0.15, 0.2) is 0 Å². The molecule has 0 radical (unpaired) electrons. The molecule has 0 bridgehead atoms. The third-order valence-electron chi connectivity index (χ3n) is 4.15. The second kappa shape index (κ2) is 6.27. The van der Waals surface area contributed by atoms with Gasteiger partial charge in [0.25, 0.3) is 0 Å². The highest BCUT2D eigenvalue weighted by Crippen LogP contribution is 2.35. The molecule has 1 heterocycles. The molecule has 5 nitrogen and oxygen atoms in total. The summed E-state index contributed by atoms with van der Waals surface area (Å²) in [5.41, 5.74) is 1.35. The Bertz CT molecular complexity index is 615. The van der Waals surface area contributed by atoms with Crippen LogP contribution in [0, 0.1) is 37.0 Å². The lowest BCUT2D eigenvalue weighted by atomic mass is 9.79. The van der Waals surface area contributed by atoms with Gasteiger partial charge in [0.15, 0.2) is 0 Å². The third kappa shape index (κ3) is 3.08. The van der Waals surface area contributed by atoms with Crippen LogP contribution in [0.4, 0.5) is 5.00 Å². The van der Waals surface area contributed by atoms with E-state index in [0.29, 0.717) is 23.4 Å². The molecule has 1 aliphatic rings. The lowest BCUT2D eigenvalue weighted by Gasteiger charge is -2.27. The number of hydrogen-bond acceptors (Lipinski definition) is 4. The lowest BCUT2D eigenvalue weighted by molar-refractivity contribution is -0.147. The van der Waals surface area contributed by atoms with Crippen molar-refractivity contribution < 1.29 is 14.7 Å². The van der Waals surface area contributed by atoms with Crippen molar-refractivity contribution >= 4 is 28.2 Å². The van der Waals surface area contributed by atoms with Gasteiger partial charge in [0, 0.05) is 4.88 Å². The maximum Gasteiger partial charge on any atom is 0.307 e. The first-order valence-corrected chi connectivity index (χ1v) is 7.81. The third-order valence-corrected chi connectivity index (χ3v) is 5.28. The number of nitrogens with one attached hydrogen (secondary N) is 1. The van der Waals surface area contributed by atoms with Gasteiger partial charge in [0.1, 0.15) is 11.1 Å². The van der Waals surface area contributed by atoms with Crippen molar-refractivity contribution in [2.45, 2.75) is 39.5 Å². The highest BCUT2D eigenvalue weighted by Gasteiger charge is 2.36. The summed E-state index contributed by atoms with van der Waals surface area (Å²) >= 11 is 1.37. The van der Waals surface area contributed by atoms with E-state index in [0.717, 1.165) is 23.3 Å². The molecule has 2 atom stereocenters. The Hall–Kier alpha value is -1.87. The number of hydrogen-bond donors (Lipinski definition) is 2. The molecule has 112 valence electrons. The van der Waals surface area contributed by atoms with Gasteiger partial charge in [-0.1, -0.05) is 12.8 Å². The first-order chi connectivity index (χ1) is 9.95. The molecular formula is C15H18N2O3S. The second-order valence-electron chi connectivity index (χ2n) is 5.42. The van der Waals surface area contributed by atoms with Gasteiger partial charge in [0.05, 0.1) is 17.4 Å². The van der Waals surface area contributed by atoms with Gasteiger partial charge < -0.3 is 10.4 Å². The molecule has 21 heavy (non-hydrogen) atoms. The minimum atomic E-state index is -0.908. The summed E-state index contributed by atoms with van der Waals surface area (Å²) in [6.45, 7) is 3.75. The topological polar surface area (TPSA) is 90.2 Å². The molecule has 1 aliphatic carbocycles. The fourth-order valence-corrected chi connectivity index (χ4v) is 3.81. The van der Waals surface area contributed by atoms with Crippen molar-refractivity contribution in [1.82, 2.24) is 0 Å². The zero-order valence-corrected chi connectivity index (χ0v) is 12.9. The molecule has 1 amide bonds. The monoisotopic (exact) mass is 306 g/mol. The van der Waals surface area contributed by atoms with E-state index in [2.05, 4.69) is 11.4 Å². The molecule has 0 aliphatic heterocycles. The molecule has 0 spiro atoms. The zero-order valence-electron chi connectivity index (χ0n) is 12.1. The summed E-state index contributed by atoms with van der Waals surface area (Å²) in [6.07, 6.45) is 2.85. The van der Waals surface area contributed by atoms with E-state index in [-0.39, 0.29) is 5.91 Å². The van der Waals surface area contributed by atoms with Crippen LogP contribution in [-0.4, -0.2) is 17.0 Å². The van der Waals surface area contributed by atoms with Gasteiger partial charge in [-0.15, -0.1) is 11.3 Å². The van der Waals surface area contributed by atoms with Crippen molar-refractivity contribution in [3.05, 3.63) is 16.0 Å². The van der Waals surface area contributed by atoms with E-state index in [1.165, 1.54) is 11.3 Å². The number of rotatable bonds is 3. The molecule has 2 N–H and O–H groups in total. The lowest BCUT2D eigenvalue weighted by Crippen LogP contribution is -2.36. The fraction of sp³-hybridized carbons (Fsp3) is 0.533. The van der Waals surface area contributed by atoms with Gasteiger partial charge in [0.2, 0.25) is 5.91 Å². The number of anilines is 1. The molecule has 0 unspecified atom stereocenters. The standard InChI is InChI=1S/C15H18N2O3S/c1-8-9(2)21-14(12(8)7-16)17-13(18)10-5-3-4-6-11(10)15(19)20/h10-11H,3-6H2,1-2H3,(H,17,18)(H,19,20)/t10-,11+/m1/s1. The van der Waals surface area contributed by atoms with Gasteiger partial charge in [-0.2, -0.15) is 5.26 Å². The minimum absolute atomic E-state index is 0.278. The maximum absolute atomic E-state index is 12.4. The van der Waals surface area contributed by atoms with Crippen molar-refractivity contribution in [2.24, 2.45) is 11.8 Å². The van der Waals surface area contributed by atoms with Crippen LogP contribution in [0.25, 0.3) is 0 Å². The van der Waals surface area contributed by atoms with Gasteiger partial charge >= 0.3 is 5.97 Å². The summed E-state index contributed by atoms with van der Waals surface area (Å²) < 4.78 is 0. The Labute approximate surface area is 127 Å². The zero-order chi connectivity index (χ0) is 15.6. The number of thiophene rings is 1. The number of carbonyl (C=O) groups is 2. The second-order valence-corrected chi connectivity index (χ2v) is 6.65. The van der Waals surface area contributed by atoms with Crippen LogP contribution in [0.3, 0.4) is 0 Å². The van der Waals surface area contributed by atoms with Crippen molar-refractivity contribution in [1.29, 1.82) is 5.26 Å². The Kier molecular flexibility index (Phi) is 4.63. The largest absolute Gasteiger partial charge is 0.481 e. The van der Waals surface area contributed by atoms with Crippen LogP contribution >= 0.6 is 11.3 Å². The van der Waals surface area contributed by atoms with Crippen LogP contribution in [-0.2, 0) is 9.59 Å². The SMILES string of the molecule is Cc1sc(NC(=O)[C@@H]2CCCC[C@@H]2C(=O)O)c(C#N)c1C. The van der Waals surface area contributed by atoms with Gasteiger partial charge in [-0.05, 0) is 32.3 Å². The van der Waals surface area contributed by atoms with Gasteiger partial charge in [-0.3, -0.25) is 9.59 Å². The first kappa shape index (κ1) is 15.5. The summed E-state index contributed by atoms with van der Waals surface area (Å²) in [6, 6.07) is 2.11. The number of carboxylic acid groups (broad SMARTS) is 1. The number of nitrogens with zero attached hydrogens (tertiary/aromatic N) is 1. The molecule has 1 aromatic rings. The molecular weight excluding hydrogens is 288 g/mol. The smallest absolute Gasteiger partial charge is 0.307 e. The van der Waals surface area contributed by atoms with Crippen LogP contribution in [0.5, 0.6) is 0 Å². The maximum atomic E-state index is 12.4. The van der Waals surface area contributed by atoms with Crippen LogP contribution in [0.2, 0.25) is 0 Å².